The number of hydrogen-bond donors (Lipinski definition) is 4. The first kappa shape index (κ1) is 51.9. The standard InChI is InChI=1S/C51H65N9O11/c1-7-51(3)50(69)59-22-12-15-36(59)47(66)57(6)38(27-32-17-19-35(20-18-32)56(4)5)48(67)60-30-34(29-58-23-25-70-26-24-58)40(62)28-37(60)44(63)54-42(33-13-9-8-10-14-33)49(68)71-31(2)41(46(65)55-51)53-45(64)43-39(61)16-11-21-52-43/h8-11,13-14,16-21,31,34,36-38,41-42,61H,7,12,15,22-30H2,1-6H3,(H,53,64)(H,54,63)(H,55,65)/t31-,34?,36+,37+,38+,41+,42+,51-/m1/s1. The van der Waals surface area contributed by atoms with Crippen molar-refractivity contribution in [1.29, 1.82) is 0 Å². The summed E-state index contributed by atoms with van der Waals surface area (Å²) in [5.41, 5.74) is -0.263. The molecular formula is C51H65N9O11. The first-order valence-electron chi connectivity index (χ1n) is 24.2. The van der Waals surface area contributed by atoms with Crippen molar-refractivity contribution in [3.63, 3.8) is 0 Å². The van der Waals surface area contributed by atoms with Gasteiger partial charge in [0.1, 0.15) is 47.3 Å². The molecule has 20 nitrogen and oxygen atoms in total. The SMILES string of the molecule is CC[C@@]1(C)NC(=O)[C@@H](NC(=O)c2ncccc2O)[C@@H](C)OC(=O)[C@H](c2ccccc2)NC(=O)[C@@H]2CC(=O)C(CN3CCOCC3)CN2C(=O)[C@H](Cc2ccc(N(C)C)cc2)N(C)C(=O)[C@@H]2CCCN2C1=O. The van der Waals surface area contributed by atoms with Gasteiger partial charge in [0.2, 0.25) is 29.5 Å². The van der Waals surface area contributed by atoms with Crippen LogP contribution in [0.3, 0.4) is 0 Å². The number of hydrogen-bond acceptors (Lipinski definition) is 14. The van der Waals surface area contributed by atoms with Crippen molar-refractivity contribution < 1.29 is 52.9 Å². The third kappa shape index (κ3) is 11.7. The normalized spacial score (nSPS) is 27.6. The molecule has 5 heterocycles. The molecule has 4 fully saturated rings. The topological polar surface area (TPSA) is 240 Å². The molecular weight excluding hydrogens is 915 g/mol. The van der Waals surface area contributed by atoms with Crippen LogP contribution in [-0.4, -0.2) is 180 Å². The largest absolute Gasteiger partial charge is 0.505 e. The molecule has 2 aromatic carbocycles. The number of anilines is 1. The minimum absolute atomic E-state index is 0.00529. The summed E-state index contributed by atoms with van der Waals surface area (Å²) >= 11 is 0. The lowest BCUT2D eigenvalue weighted by Gasteiger charge is -2.43. The van der Waals surface area contributed by atoms with Gasteiger partial charge in [-0.2, -0.15) is 0 Å². The minimum Gasteiger partial charge on any atom is -0.505 e. The number of amides is 6. The summed E-state index contributed by atoms with van der Waals surface area (Å²) in [5.74, 6) is -7.09. The van der Waals surface area contributed by atoms with Crippen molar-refractivity contribution in [3.05, 3.63) is 89.7 Å². The number of pyridine rings is 1. The van der Waals surface area contributed by atoms with Gasteiger partial charge >= 0.3 is 5.97 Å². The maximum Gasteiger partial charge on any atom is 0.333 e. The van der Waals surface area contributed by atoms with Crippen LogP contribution in [0.5, 0.6) is 5.75 Å². The number of likely N-dealkylation sites (N-methyl/N-ethyl adjacent to an activating group) is 1. The van der Waals surface area contributed by atoms with Crippen LogP contribution in [0, 0.1) is 5.92 Å². The molecule has 71 heavy (non-hydrogen) atoms. The first-order chi connectivity index (χ1) is 33.9. The number of aromatic hydroxyl groups is 1. The Bertz CT molecular complexity index is 2470. The summed E-state index contributed by atoms with van der Waals surface area (Å²) in [5, 5.41) is 18.6. The molecule has 4 aliphatic rings. The third-order valence-electron chi connectivity index (χ3n) is 14.2. The molecule has 380 valence electrons. The Labute approximate surface area is 413 Å². The van der Waals surface area contributed by atoms with Crippen molar-refractivity contribution in [3.8, 4) is 5.75 Å². The molecule has 20 heteroatoms. The summed E-state index contributed by atoms with van der Waals surface area (Å²) in [7, 11) is 5.29. The second kappa shape index (κ2) is 22.4. The summed E-state index contributed by atoms with van der Waals surface area (Å²) in [6.45, 7) is 6.84. The summed E-state index contributed by atoms with van der Waals surface area (Å²) in [4.78, 5) is 130. The van der Waals surface area contributed by atoms with Crippen molar-refractivity contribution in [2.45, 2.75) is 94.7 Å². The predicted molar refractivity (Wildman–Crippen MR) is 259 cm³/mol. The second-order valence-electron chi connectivity index (χ2n) is 19.2. The van der Waals surface area contributed by atoms with Gasteiger partial charge in [0, 0.05) is 84.5 Å². The molecule has 0 aliphatic carbocycles. The fourth-order valence-corrected chi connectivity index (χ4v) is 9.68. The van der Waals surface area contributed by atoms with E-state index in [1.54, 1.807) is 37.3 Å². The smallest absolute Gasteiger partial charge is 0.333 e. The maximum absolute atomic E-state index is 15.6. The van der Waals surface area contributed by atoms with Crippen LogP contribution in [-0.2, 0) is 49.5 Å². The number of piperidine rings is 1. The zero-order valence-electron chi connectivity index (χ0n) is 41.2. The molecule has 3 aromatic rings. The number of fused-ring (bicyclic) bond motifs is 2. The molecule has 6 amide bonds. The molecule has 7 rings (SSSR count). The molecule has 0 radical (unpaired) electrons. The van der Waals surface area contributed by atoms with Gasteiger partial charge in [-0.1, -0.05) is 49.4 Å². The number of esters is 1. The fraction of sp³-hybridized carbons (Fsp3) is 0.510. The average Bonchev–Trinajstić information content (AvgIpc) is 3.86. The number of morpholine rings is 1. The lowest BCUT2D eigenvalue weighted by atomic mass is 9.88. The van der Waals surface area contributed by atoms with Gasteiger partial charge in [0.15, 0.2) is 11.7 Å². The Morgan fingerprint density at radius 1 is 0.901 bits per heavy atom. The molecule has 4 N–H and O–H groups in total. The number of cyclic esters (lactones) is 1. The predicted octanol–water partition coefficient (Wildman–Crippen LogP) is 1.22. The number of ketones is 1. The van der Waals surface area contributed by atoms with E-state index in [2.05, 4.69) is 25.8 Å². The van der Waals surface area contributed by atoms with Crippen LogP contribution in [0.4, 0.5) is 5.69 Å². The number of nitrogens with one attached hydrogen (secondary N) is 3. The number of nitrogens with zero attached hydrogens (tertiary/aromatic N) is 6. The van der Waals surface area contributed by atoms with Gasteiger partial charge < -0.3 is 50.1 Å². The highest BCUT2D eigenvalue weighted by Gasteiger charge is 2.49. The number of carbonyl (C=O) groups is 8. The van der Waals surface area contributed by atoms with Crippen molar-refractivity contribution >= 4 is 52.9 Å². The second-order valence-corrected chi connectivity index (χ2v) is 19.2. The molecule has 0 spiro atoms. The van der Waals surface area contributed by atoms with Gasteiger partial charge in [-0.3, -0.25) is 38.5 Å². The number of aromatic nitrogens is 1. The van der Waals surface area contributed by atoms with Crippen LogP contribution >= 0.6 is 0 Å². The zero-order chi connectivity index (χ0) is 51.1. The van der Waals surface area contributed by atoms with Gasteiger partial charge in [0.25, 0.3) is 5.91 Å². The molecule has 4 saturated heterocycles. The number of benzene rings is 2. The number of rotatable bonds is 9. The highest BCUT2D eigenvalue weighted by Crippen LogP contribution is 2.30. The van der Waals surface area contributed by atoms with E-state index in [1.165, 1.54) is 53.9 Å². The Kier molecular flexibility index (Phi) is 16.4. The monoisotopic (exact) mass is 979 g/mol. The van der Waals surface area contributed by atoms with E-state index in [4.69, 9.17) is 9.47 Å². The Balaban J connectivity index is 1.34. The third-order valence-corrected chi connectivity index (χ3v) is 14.2. The van der Waals surface area contributed by atoms with Crippen LogP contribution < -0.4 is 20.9 Å². The summed E-state index contributed by atoms with van der Waals surface area (Å²) in [6.07, 6.45) is 0.0485. The van der Waals surface area contributed by atoms with Crippen LogP contribution in [0.25, 0.3) is 0 Å². The van der Waals surface area contributed by atoms with E-state index >= 15 is 9.59 Å². The van der Waals surface area contributed by atoms with E-state index in [0.29, 0.717) is 44.8 Å². The molecule has 1 aromatic heterocycles. The lowest BCUT2D eigenvalue weighted by Crippen LogP contribution is -2.65. The number of Topliss-reactive ketones (excluding diaryl/α,β-unsaturated/α-hetero) is 1. The molecule has 4 aliphatic heterocycles. The molecule has 8 atom stereocenters. The highest BCUT2D eigenvalue weighted by molar-refractivity contribution is 6.02. The maximum atomic E-state index is 15.6. The average molecular weight is 980 g/mol. The van der Waals surface area contributed by atoms with Crippen molar-refractivity contribution in [1.82, 2.24) is 40.5 Å². The summed E-state index contributed by atoms with van der Waals surface area (Å²) in [6, 6.07) is 11.2. The number of ether oxygens (including phenoxy) is 2. The Morgan fingerprint density at radius 2 is 1.61 bits per heavy atom. The molecule has 0 bridgehead atoms. The van der Waals surface area contributed by atoms with Crippen LogP contribution in [0.15, 0.2) is 72.9 Å². The van der Waals surface area contributed by atoms with Crippen molar-refractivity contribution in [2.24, 2.45) is 5.92 Å². The Hall–Kier alpha value is -6.93. The molecule has 1 unspecified atom stereocenters. The van der Waals surface area contributed by atoms with E-state index in [1.807, 2.05) is 43.3 Å². The zero-order valence-corrected chi connectivity index (χ0v) is 41.2. The van der Waals surface area contributed by atoms with Gasteiger partial charge in [-0.05, 0) is 68.5 Å². The molecule has 0 saturated carbocycles. The van der Waals surface area contributed by atoms with Crippen molar-refractivity contribution in [2.75, 3.05) is 72.0 Å². The lowest BCUT2D eigenvalue weighted by molar-refractivity contribution is -0.158. The van der Waals surface area contributed by atoms with E-state index in [9.17, 15) is 33.9 Å². The summed E-state index contributed by atoms with van der Waals surface area (Å²) < 4.78 is 11.5. The highest BCUT2D eigenvalue weighted by atomic mass is 16.5. The van der Waals surface area contributed by atoms with E-state index in [-0.39, 0.29) is 43.7 Å². The van der Waals surface area contributed by atoms with Crippen LogP contribution in [0.1, 0.15) is 74.1 Å². The van der Waals surface area contributed by atoms with Gasteiger partial charge in [-0.15, -0.1) is 0 Å². The quantitative estimate of drug-likeness (QED) is 0.221. The Morgan fingerprint density at radius 3 is 2.27 bits per heavy atom. The number of carbonyl (C=O) groups excluding carboxylic acids is 8. The van der Waals surface area contributed by atoms with E-state index in [0.717, 1.165) is 5.69 Å². The van der Waals surface area contributed by atoms with Gasteiger partial charge in [0.05, 0.1) is 13.2 Å². The van der Waals surface area contributed by atoms with E-state index < -0.39 is 107 Å². The first-order valence-corrected chi connectivity index (χ1v) is 24.2. The minimum atomic E-state index is -1.72. The van der Waals surface area contributed by atoms with Gasteiger partial charge in [-0.25, -0.2) is 9.78 Å². The van der Waals surface area contributed by atoms with Crippen LogP contribution in [0.2, 0.25) is 0 Å². The fourth-order valence-electron chi connectivity index (χ4n) is 9.68.